The van der Waals surface area contributed by atoms with Gasteiger partial charge in [-0.15, -0.1) is 21.5 Å². The SMILES string of the molecule is Clc1cccc(-c2nnc(-c3cc4c(N5CCOCC5)ncnc4s3)o2)c1. The van der Waals surface area contributed by atoms with E-state index in [0.29, 0.717) is 30.0 Å². The average Bonchev–Trinajstić information content (AvgIpc) is 3.35. The minimum atomic E-state index is 0.435. The zero-order chi connectivity index (χ0) is 18.2. The second-order valence-corrected chi connectivity index (χ2v) is 7.52. The molecule has 0 N–H and O–H groups in total. The van der Waals surface area contributed by atoms with E-state index in [9.17, 15) is 0 Å². The zero-order valence-electron chi connectivity index (χ0n) is 14.1. The highest BCUT2D eigenvalue weighted by atomic mass is 35.5. The third kappa shape index (κ3) is 3.16. The van der Waals surface area contributed by atoms with Crippen LogP contribution in [0.4, 0.5) is 5.82 Å². The number of nitrogens with zero attached hydrogens (tertiary/aromatic N) is 5. The van der Waals surface area contributed by atoms with E-state index >= 15 is 0 Å². The van der Waals surface area contributed by atoms with E-state index in [4.69, 9.17) is 20.8 Å². The van der Waals surface area contributed by atoms with Gasteiger partial charge in [0.1, 0.15) is 17.0 Å². The first-order valence-corrected chi connectivity index (χ1v) is 9.64. The Labute approximate surface area is 163 Å². The van der Waals surface area contributed by atoms with E-state index in [0.717, 1.165) is 39.6 Å². The molecule has 3 aromatic heterocycles. The first kappa shape index (κ1) is 16.6. The van der Waals surface area contributed by atoms with Crippen LogP contribution in [-0.2, 0) is 4.74 Å². The topological polar surface area (TPSA) is 77.2 Å². The molecule has 0 aliphatic carbocycles. The highest BCUT2D eigenvalue weighted by molar-refractivity contribution is 7.21. The van der Waals surface area contributed by atoms with Gasteiger partial charge in [-0.2, -0.15) is 0 Å². The lowest BCUT2D eigenvalue weighted by molar-refractivity contribution is 0.122. The number of halogens is 1. The molecule has 0 unspecified atom stereocenters. The Morgan fingerprint density at radius 2 is 1.89 bits per heavy atom. The predicted octanol–water partition coefficient (Wildman–Crippen LogP) is 3.90. The molecule has 0 saturated carbocycles. The fraction of sp³-hybridized carbons (Fsp3) is 0.222. The maximum atomic E-state index is 6.05. The molecule has 7 nitrogen and oxygen atoms in total. The number of thiophene rings is 1. The van der Waals surface area contributed by atoms with E-state index in [1.165, 1.54) is 11.3 Å². The molecular formula is C18H14ClN5O2S. The number of hydrogen-bond donors (Lipinski definition) is 0. The average molecular weight is 400 g/mol. The summed E-state index contributed by atoms with van der Waals surface area (Å²) in [5.41, 5.74) is 0.788. The van der Waals surface area contributed by atoms with Gasteiger partial charge in [0.25, 0.3) is 5.89 Å². The van der Waals surface area contributed by atoms with Gasteiger partial charge in [0.05, 0.1) is 23.5 Å². The second kappa shape index (κ2) is 6.88. The Hall–Kier alpha value is -2.55. The molecular weight excluding hydrogens is 386 g/mol. The van der Waals surface area contributed by atoms with Crippen molar-refractivity contribution in [3.8, 4) is 22.2 Å². The van der Waals surface area contributed by atoms with Crippen LogP contribution in [0, 0.1) is 0 Å². The summed E-state index contributed by atoms with van der Waals surface area (Å²) < 4.78 is 11.3. The van der Waals surface area contributed by atoms with Gasteiger partial charge >= 0.3 is 0 Å². The Balaban J connectivity index is 1.52. The van der Waals surface area contributed by atoms with Gasteiger partial charge < -0.3 is 14.1 Å². The van der Waals surface area contributed by atoms with Crippen LogP contribution in [0.3, 0.4) is 0 Å². The third-order valence-corrected chi connectivity index (χ3v) is 5.59. The number of hydrogen-bond acceptors (Lipinski definition) is 8. The van der Waals surface area contributed by atoms with Crippen LogP contribution in [0.2, 0.25) is 5.02 Å². The van der Waals surface area contributed by atoms with Crippen LogP contribution in [0.15, 0.2) is 41.1 Å². The summed E-state index contributed by atoms with van der Waals surface area (Å²) in [6, 6.07) is 9.35. The van der Waals surface area contributed by atoms with E-state index < -0.39 is 0 Å². The Kier molecular flexibility index (Phi) is 4.23. The van der Waals surface area contributed by atoms with E-state index in [2.05, 4.69) is 25.1 Å². The van der Waals surface area contributed by atoms with Crippen molar-refractivity contribution in [3.63, 3.8) is 0 Å². The molecule has 1 aliphatic rings. The van der Waals surface area contributed by atoms with Gasteiger partial charge in [0, 0.05) is 23.7 Å². The van der Waals surface area contributed by atoms with E-state index in [-0.39, 0.29) is 0 Å². The molecule has 27 heavy (non-hydrogen) atoms. The smallest absolute Gasteiger partial charge is 0.258 e. The van der Waals surface area contributed by atoms with Crippen molar-refractivity contribution in [1.29, 1.82) is 0 Å². The second-order valence-electron chi connectivity index (χ2n) is 6.05. The van der Waals surface area contributed by atoms with Gasteiger partial charge in [-0.3, -0.25) is 0 Å². The minimum Gasteiger partial charge on any atom is -0.415 e. The molecule has 1 aromatic carbocycles. The summed E-state index contributed by atoms with van der Waals surface area (Å²) in [5.74, 6) is 1.81. The maximum Gasteiger partial charge on any atom is 0.258 e. The lowest BCUT2D eigenvalue weighted by Crippen LogP contribution is -2.36. The van der Waals surface area contributed by atoms with Crippen molar-refractivity contribution in [2.75, 3.05) is 31.2 Å². The molecule has 1 aliphatic heterocycles. The molecule has 1 saturated heterocycles. The maximum absolute atomic E-state index is 6.05. The molecule has 4 aromatic rings. The number of fused-ring (bicyclic) bond motifs is 1. The van der Waals surface area contributed by atoms with Gasteiger partial charge in [0.2, 0.25) is 5.89 Å². The Morgan fingerprint density at radius 1 is 1.04 bits per heavy atom. The molecule has 9 heteroatoms. The molecule has 0 atom stereocenters. The summed E-state index contributed by atoms with van der Waals surface area (Å²) in [4.78, 5) is 12.9. The van der Waals surface area contributed by atoms with Gasteiger partial charge in [0.15, 0.2) is 0 Å². The number of ether oxygens (including phenoxy) is 1. The molecule has 0 amide bonds. The summed E-state index contributed by atoms with van der Waals surface area (Å²) in [6.07, 6.45) is 1.60. The lowest BCUT2D eigenvalue weighted by Gasteiger charge is -2.28. The molecule has 1 fully saturated rings. The zero-order valence-corrected chi connectivity index (χ0v) is 15.7. The van der Waals surface area contributed by atoms with Crippen LogP contribution in [0.5, 0.6) is 0 Å². The van der Waals surface area contributed by atoms with Crippen molar-refractivity contribution in [3.05, 3.63) is 41.7 Å². The fourth-order valence-corrected chi connectivity index (χ4v) is 4.14. The first-order chi connectivity index (χ1) is 13.3. The minimum absolute atomic E-state index is 0.435. The molecule has 136 valence electrons. The number of benzene rings is 1. The molecule has 0 radical (unpaired) electrons. The summed E-state index contributed by atoms with van der Waals surface area (Å²) >= 11 is 7.56. The molecule has 5 rings (SSSR count). The van der Waals surface area contributed by atoms with Crippen LogP contribution in [0.1, 0.15) is 0 Å². The standard InChI is InChI=1S/C18H14ClN5O2S/c19-12-3-1-2-11(8-12)16-22-23-17(26-16)14-9-13-15(20-10-21-18(13)27-14)24-4-6-25-7-5-24/h1-3,8-10H,4-7H2. The van der Waals surface area contributed by atoms with Gasteiger partial charge in [-0.05, 0) is 24.3 Å². The van der Waals surface area contributed by atoms with Crippen molar-refractivity contribution < 1.29 is 9.15 Å². The number of aromatic nitrogens is 4. The quantitative estimate of drug-likeness (QED) is 0.517. The Bertz CT molecular complexity index is 1110. The van der Waals surface area contributed by atoms with Crippen molar-refractivity contribution in [2.24, 2.45) is 0 Å². The summed E-state index contributed by atoms with van der Waals surface area (Å²) in [5, 5.41) is 9.97. The lowest BCUT2D eigenvalue weighted by atomic mass is 10.2. The monoisotopic (exact) mass is 399 g/mol. The summed E-state index contributed by atoms with van der Waals surface area (Å²) in [6.45, 7) is 3.04. The van der Waals surface area contributed by atoms with Crippen molar-refractivity contribution >= 4 is 39.0 Å². The predicted molar refractivity (Wildman–Crippen MR) is 104 cm³/mol. The fourth-order valence-electron chi connectivity index (χ4n) is 3.04. The number of rotatable bonds is 3. The van der Waals surface area contributed by atoms with Crippen LogP contribution < -0.4 is 4.90 Å². The highest BCUT2D eigenvalue weighted by Crippen LogP contribution is 2.36. The van der Waals surface area contributed by atoms with Gasteiger partial charge in [-0.25, -0.2) is 9.97 Å². The number of anilines is 1. The van der Waals surface area contributed by atoms with Crippen LogP contribution in [-0.4, -0.2) is 46.5 Å². The summed E-state index contributed by atoms with van der Waals surface area (Å²) in [7, 11) is 0. The van der Waals surface area contributed by atoms with Crippen LogP contribution >= 0.6 is 22.9 Å². The third-order valence-electron chi connectivity index (χ3n) is 4.33. The largest absolute Gasteiger partial charge is 0.415 e. The normalized spacial score (nSPS) is 14.8. The van der Waals surface area contributed by atoms with Crippen molar-refractivity contribution in [1.82, 2.24) is 20.2 Å². The van der Waals surface area contributed by atoms with E-state index in [1.807, 2.05) is 18.2 Å². The van der Waals surface area contributed by atoms with Crippen molar-refractivity contribution in [2.45, 2.75) is 0 Å². The molecule has 0 spiro atoms. The number of morpholine rings is 1. The Morgan fingerprint density at radius 3 is 2.74 bits per heavy atom. The molecule has 4 heterocycles. The van der Waals surface area contributed by atoms with Gasteiger partial charge in [-0.1, -0.05) is 17.7 Å². The van der Waals surface area contributed by atoms with E-state index in [1.54, 1.807) is 18.5 Å². The van der Waals surface area contributed by atoms with Crippen LogP contribution in [0.25, 0.3) is 32.4 Å². The molecule has 0 bridgehead atoms. The first-order valence-electron chi connectivity index (χ1n) is 8.45. The highest BCUT2D eigenvalue weighted by Gasteiger charge is 2.20.